The number of hydrogen-bond donors (Lipinski definition) is 2. The summed E-state index contributed by atoms with van der Waals surface area (Å²) in [4.78, 5) is 0. The quantitative estimate of drug-likeness (QED) is 0.858. The van der Waals surface area contributed by atoms with Gasteiger partial charge in [0.25, 0.3) is 0 Å². The summed E-state index contributed by atoms with van der Waals surface area (Å²) in [6.07, 6.45) is 0.495. The molecule has 2 unspecified atom stereocenters. The Morgan fingerprint density at radius 3 is 2.47 bits per heavy atom. The molecule has 1 saturated carbocycles. The number of halogens is 2. The highest BCUT2D eigenvalue weighted by molar-refractivity contribution is 6.35. The highest BCUT2D eigenvalue weighted by Crippen LogP contribution is 2.43. The third kappa shape index (κ3) is 2.26. The average molecular weight is 274 g/mol. The smallest absolute Gasteiger partial charge is 0.0641 e. The summed E-state index contributed by atoms with van der Waals surface area (Å²) in [5, 5.41) is 14.4. The molecule has 2 atom stereocenters. The van der Waals surface area contributed by atoms with Gasteiger partial charge in [-0.1, -0.05) is 37.0 Å². The Kier molecular flexibility index (Phi) is 3.32. The van der Waals surface area contributed by atoms with Gasteiger partial charge in [0.1, 0.15) is 0 Å². The first-order valence-electron chi connectivity index (χ1n) is 5.72. The summed E-state index contributed by atoms with van der Waals surface area (Å²) in [7, 11) is 0. The Hall–Kier alpha value is -0.440. The van der Waals surface area contributed by atoms with Crippen molar-refractivity contribution >= 4 is 28.9 Å². The zero-order valence-corrected chi connectivity index (χ0v) is 11.7. The molecule has 0 radical (unpaired) electrons. The van der Waals surface area contributed by atoms with E-state index in [2.05, 4.69) is 5.32 Å². The van der Waals surface area contributed by atoms with Crippen molar-refractivity contribution in [3.8, 4) is 0 Å². The lowest BCUT2D eigenvalue weighted by Crippen LogP contribution is -2.56. The first-order valence-corrected chi connectivity index (χ1v) is 6.48. The Morgan fingerprint density at radius 1 is 1.29 bits per heavy atom. The molecule has 0 amide bonds. The molecule has 94 valence electrons. The van der Waals surface area contributed by atoms with Crippen LogP contribution in [0.15, 0.2) is 12.1 Å². The van der Waals surface area contributed by atoms with Gasteiger partial charge in [-0.05, 0) is 31.0 Å². The molecular weight excluding hydrogens is 257 g/mol. The zero-order chi connectivity index (χ0) is 12.8. The van der Waals surface area contributed by atoms with E-state index >= 15 is 0 Å². The van der Waals surface area contributed by atoms with Crippen LogP contribution in [0.25, 0.3) is 0 Å². The number of nitrogens with one attached hydrogen (secondary N) is 1. The Labute approximate surface area is 112 Å². The maximum atomic E-state index is 9.69. The predicted octanol–water partition coefficient (Wildman–Crippen LogP) is 3.87. The summed E-state index contributed by atoms with van der Waals surface area (Å²) in [5.74, 6) is 0. The lowest BCUT2D eigenvalue weighted by molar-refractivity contribution is -0.0510. The summed E-state index contributed by atoms with van der Waals surface area (Å²) in [6.45, 7) is 6.01. The minimum absolute atomic E-state index is 0.124. The number of rotatable bonds is 2. The Morgan fingerprint density at radius 2 is 1.94 bits per heavy atom. The third-order valence-corrected chi connectivity index (χ3v) is 4.51. The zero-order valence-electron chi connectivity index (χ0n) is 10.2. The van der Waals surface area contributed by atoms with Crippen LogP contribution in [0.4, 0.5) is 5.69 Å². The van der Waals surface area contributed by atoms with E-state index in [1.807, 2.05) is 32.9 Å². The molecule has 0 aromatic heterocycles. The van der Waals surface area contributed by atoms with E-state index in [1.165, 1.54) is 0 Å². The fraction of sp³-hybridized carbons (Fsp3) is 0.538. The van der Waals surface area contributed by atoms with Gasteiger partial charge in [0, 0.05) is 16.5 Å². The largest absolute Gasteiger partial charge is 0.392 e. The molecule has 0 spiro atoms. The summed E-state index contributed by atoms with van der Waals surface area (Å²) >= 11 is 12.3. The number of aliphatic hydroxyl groups is 1. The lowest BCUT2D eigenvalue weighted by Gasteiger charge is -2.50. The van der Waals surface area contributed by atoms with E-state index in [1.54, 1.807) is 0 Å². The van der Waals surface area contributed by atoms with E-state index < -0.39 is 0 Å². The third-order valence-electron chi connectivity index (χ3n) is 3.79. The second-order valence-electron chi connectivity index (χ2n) is 5.35. The van der Waals surface area contributed by atoms with Crippen LogP contribution in [0.1, 0.15) is 25.8 Å². The number of aryl methyl sites for hydroxylation is 1. The summed E-state index contributed by atoms with van der Waals surface area (Å²) < 4.78 is 0. The SMILES string of the molecule is Cc1cc(Cl)c(NC2CC(O)C2(C)C)cc1Cl. The molecular formula is C13H17Cl2NO. The fourth-order valence-electron chi connectivity index (χ4n) is 2.09. The molecule has 1 fully saturated rings. The van der Waals surface area contributed by atoms with Crippen molar-refractivity contribution in [2.24, 2.45) is 5.41 Å². The van der Waals surface area contributed by atoms with E-state index in [0.29, 0.717) is 10.0 Å². The molecule has 1 aromatic carbocycles. The maximum Gasteiger partial charge on any atom is 0.0641 e. The van der Waals surface area contributed by atoms with Crippen LogP contribution in [-0.2, 0) is 0 Å². The van der Waals surface area contributed by atoms with Crippen molar-refractivity contribution in [2.45, 2.75) is 39.3 Å². The minimum Gasteiger partial charge on any atom is -0.392 e. The topological polar surface area (TPSA) is 32.3 Å². The van der Waals surface area contributed by atoms with E-state index in [-0.39, 0.29) is 17.6 Å². The van der Waals surface area contributed by atoms with Gasteiger partial charge in [-0.15, -0.1) is 0 Å². The molecule has 2 rings (SSSR count). The van der Waals surface area contributed by atoms with Crippen LogP contribution in [0.2, 0.25) is 10.0 Å². The fourth-order valence-corrected chi connectivity index (χ4v) is 2.53. The van der Waals surface area contributed by atoms with E-state index in [9.17, 15) is 5.11 Å². The van der Waals surface area contributed by atoms with Crippen molar-refractivity contribution < 1.29 is 5.11 Å². The molecule has 1 aliphatic carbocycles. The van der Waals surface area contributed by atoms with Crippen LogP contribution < -0.4 is 5.32 Å². The van der Waals surface area contributed by atoms with Gasteiger partial charge in [-0.3, -0.25) is 0 Å². The molecule has 0 saturated heterocycles. The van der Waals surface area contributed by atoms with Gasteiger partial charge in [-0.2, -0.15) is 0 Å². The first-order chi connectivity index (χ1) is 7.82. The highest BCUT2D eigenvalue weighted by atomic mass is 35.5. The normalized spacial score (nSPS) is 26.5. The van der Waals surface area contributed by atoms with E-state index in [4.69, 9.17) is 23.2 Å². The number of aliphatic hydroxyl groups excluding tert-OH is 1. The molecule has 2 N–H and O–H groups in total. The van der Waals surface area contributed by atoms with Crippen molar-refractivity contribution in [1.29, 1.82) is 0 Å². The minimum atomic E-state index is -0.250. The standard InChI is InChI=1S/C13H17Cl2NO/c1-7-4-9(15)10(5-8(7)14)16-11-6-12(17)13(11,2)3/h4-5,11-12,16-17H,6H2,1-3H3. The monoisotopic (exact) mass is 273 g/mol. The number of benzene rings is 1. The van der Waals surface area contributed by atoms with Crippen LogP contribution in [0, 0.1) is 12.3 Å². The molecule has 1 aliphatic rings. The first kappa shape index (κ1) is 13.0. The molecule has 4 heteroatoms. The van der Waals surface area contributed by atoms with Gasteiger partial charge in [0.15, 0.2) is 0 Å². The van der Waals surface area contributed by atoms with Crippen LogP contribution >= 0.6 is 23.2 Å². The van der Waals surface area contributed by atoms with Crippen LogP contribution in [-0.4, -0.2) is 17.3 Å². The lowest BCUT2D eigenvalue weighted by atomic mass is 9.64. The molecule has 0 bridgehead atoms. The second-order valence-corrected chi connectivity index (χ2v) is 6.17. The van der Waals surface area contributed by atoms with Crippen molar-refractivity contribution in [2.75, 3.05) is 5.32 Å². The van der Waals surface area contributed by atoms with Crippen LogP contribution in [0.5, 0.6) is 0 Å². The van der Waals surface area contributed by atoms with E-state index in [0.717, 1.165) is 17.7 Å². The maximum absolute atomic E-state index is 9.69. The van der Waals surface area contributed by atoms with Gasteiger partial charge in [0.2, 0.25) is 0 Å². The highest BCUT2D eigenvalue weighted by Gasteiger charge is 2.47. The molecule has 0 heterocycles. The van der Waals surface area contributed by atoms with Crippen molar-refractivity contribution in [3.05, 3.63) is 27.7 Å². The van der Waals surface area contributed by atoms with Crippen LogP contribution in [0.3, 0.4) is 0 Å². The summed E-state index contributed by atoms with van der Waals surface area (Å²) in [5.41, 5.74) is 1.68. The molecule has 17 heavy (non-hydrogen) atoms. The van der Waals surface area contributed by atoms with Gasteiger partial charge in [0.05, 0.1) is 16.8 Å². The molecule has 0 aliphatic heterocycles. The number of hydrogen-bond acceptors (Lipinski definition) is 2. The Balaban J connectivity index is 2.18. The number of anilines is 1. The predicted molar refractivity (Wildman–Crippen MR) is 73.0 cm³/mol. The molecule has 2 nitrogen and oxygen atoms in total. The summed E-state index contributed by atoms with van der Waals surface area (Å²) in [6, 6.07) is 3.93. The Bertz CT molecular complexity index is 445. The average Bonchev–Trinajstić information content (AvgIpc) is 2.25. The molecule has 1 aromatic rings. The van der Waals surface area contributed by atoms with Crippen molar-refractivity contribution in [3.63, 3.8) is 0 Å². The van der Waals surface area contributed by atoms with Gasteiger partial charge >= 0.3 is 0 Å². The van der Waals surface area contributed by atoms with Crippen molar-refractivity contribution in [1.82, 2.24) is 0 Å². The van der Waals surface area contributed by atoms with Gasteiger partial charge < -0.3 is 10.4 Å². The van der Waals surface area contributed by atoms with Gasteiger partial charge in [-0.25, -0.2) is 0 Å². The second kappa shape index (κ2) is 4.34.